The first-order valence-corrected chi connectivity index (χ1v) is 31.0. The van der Waals surface area contributed by atoms with Crippen molar-refractivity contribution in [3.63, 3.8) is 0 Å². The molecule has 1 unspecified atom stereocenters. The van der Waals surface area contributed by atoms with Gasteiger partial charge in [-0.3, -0.25) is 14.4 Å². The number of hydrogen-bond donors (Lipinski definition) is 0. The van der Waals surface area contributed by atoms with E-state index in [-0.39, 0.29) is 44.0 Å². The zero-order chi connectivity index (χ0) is 55.7. The van der Waals surface area contributed by atoms with Crippen molar-refractivity contribution in [3.05, 3.63) is 158 Å². The number of allylic oxidation sites excluding steroid dienone is 26. The second kappa shape index (κ2) is 63.6. The first-order chi connectivity index (χ1) is 38.0. The normalized spacial score (nSPS) is 13.2. The molecule has 0 aromatic heterocycles. The van der Waals surface area contributed by atoms with Gasteiger partial charge in [0.25, 0.3) is 0 Å². The van der Waals surface area contributed by atoms with Crippen LogP contribution in [0.3, 0.4) is 0 Å². The van der Waals surface area contributed by atoms with Gasteiger partial charge >= 0.3 is 17.9 Å². The molecule has 0 heterocycles. The third kappa shape index (κ3) is 61.8. The van der Waals surface area contributed by atoms with Crippen LogP contribution >= 0.6 is 0 Å². The summed E-state index contributed by atoms with van der Waals surface area (Å²) in [6.07, 6.45) is 92.4. The smallest absolute Gasteiger partial charge is 0.306 e. The molecular formula is C71H112O6. The monoisotopic (exact) mass is 1060 g/mol. The van der Waals surface area contributed by atoms with Gasteiger partial charge in [-0.25, -0.2) is 0 Å². The fourth-order valence-electron chi connectivity index (χ4n) is 7.91. The molecule has 0 aliphatic heterocycles. The Morgan fingerprint density at radius 2 is 0.506 bits per heavy atom. The van der Waals surface area contributed by atoms with E-state index in [1.54, 1.807) is 0 Å². The van der Waals surface area contributed by atoms with E-state index in [0.29, 0.717) is 19.3 Å². The molecule has 0 aliphatic carbocycles. The molecule has 0 saturated heterocycles. The van der Waals surface area contributed by atoms with E-state index in [1.807, 2.05) is 0 Å². The topological polar surface area (TPSA) is 78.9 Å². The van der Waals surface area contributed by atoms with Gasteiger partial charge in [-0.15, -0.1) is 0 Å². The highest BCUT2D eigenvalue weighted by atomic mass is 16.6. The average molecular weight is 1060 g/mol. The van der Waals surface area contributed by atoms with Crippen LogP contribution in [0, 0.1) is 0 Å². The van der Waals surface area contributed by atoms with E-state index < -0.39 is 6.10 Å². The Morgan fingerprint density at radius 1 is 0.273 bits per heavy atom. The summed E-state index contributed by atoms with van der Waals surface area (Å²) in [5.74, 6) is -1.02. The third-order valence-electron chi connectivity index (χ3n) is 12.5. The van der Waals surface area contributed by atoms with Gasteiger partial charge in [0.1, 0.15) is 13.2 Å². The highest BCUT2D eigenvalue weighted by Crippen LogP contribution is 2.13. The lowest BCUT2D eigenvalue weighted by atomic mass is 10.1. The molecule has 6 nitrogen and oxygen atoms in total. The standard InChI is InChI=1S/C71H112O6/c1-4-7-10-13-16-19-22-25-28-30-32-34-35-37-38-40-43-46-49-52-55-58-61-64-70(73)76-67-68(66-75-69(72)63-60-57-54-51-48-45-42-27-24-21-18-15-12-9-6-3)77-71(74)65-62-59-56-53-50-47-44-41-39-36-33-31-29-26-23-20-17-14-11-8-5-2/h8-9,11-12,17-18,20-22,25-27,29-30,32-33,35-37,41-42,44,48,50-51,53,68H,4-7,10,13-16,19,23-24,28,31,34,38-40,43,45-47,49,52,54-67H2,1-3H3/b11-8-,12-9-,20-17-,21-18-,25-22-,29-26-,32-30-,36-33-,37-35-,42-27-,44-41-,51-48-,53-50-. The summed E-state index contributed by atoms with van der Waals surface area (Å²) in [4.78, 5) is 38.3. The second-order valence-electron chi connectivity index (χ2n) is 19.8. The van der Waals surface area contributed by atoms with Crippen LogP contribution in [-0.2, 0) is 28.6 Å². The van der Waals surface area contributed by atoms with Crippen molar-refractivity contribution in [1.82, 2.24) is 0 Å². The first-order valence-electron chi connectivity index (χ1n) is 31.0. The van der Waals surface area contributed by atoms with Crippen LogP contribution in [0.2, 0.25) is 0 Å². The summed E-state index contributed by atoms with van der Waals surface area (Å²) in [7, 11) is 0. The molecule has 77 heavy (non-hydrogen) atoms. The highest BCUT2D eigenvalue weighted by Gasteiger charge is 2.19. The molecule has 0 aliphatic rings. The van der Waals surface area contributed by atoms with E-state index >= 15 is 0 Å². The Bertz CT molecular complexity index is 1740. The zero-order valence-corrected chi connectivity index (χ0v) is 49.4. The third-order valence-corrected chi connectivity index (χ3v) is 12.5. The Hall–Kier alpha value is -4.97. The summed E-state index contributed by atoms with van der Waals surface area (Å²) < 4.78 is 16.8. The molecule has 0 radical (unpaired) electrons. The van der Waals surface area contributed by atoms with Crippen molar-refractivity contribution in [2.75, 3.05) is 13.2 Å². The lowest BCUT2D eigenvalue weighted by molar-refractivity contribution is -0.167. The molecule has 0 N–H and O–H groups in total. The van der Waals surface area contributed by atoms with E-state index in [1.165, 1.54) is 70.6 Å². The minimum absolute atomic E-state index is 0.120. The van der Waals surface area contributed by atoms with Crippen molar-refractivity contribution < 1.29 is 28.6 Å². The molecule has 6 heteroatoms. The number of carbonyl (C=O) groups is 3. The molecule has 0 spiro atoms. The SMILES string of the molecule is CC/C=C\C/C=C\C/C=C\C/C=C\C/C=C\C/C=C\CCCCC(=O)OC(COC(=O)CCCC/C=C\C/C=C\C/C=C\C/C=C\CC)COC(=O)CCCCCCCCCC/C=C\C/C=C\C/C=C\CCCCCCC. The van der Waals surface area contributed by atoms with Gasteiger partial charge < -0.3 is 14.2 Å². The minimum Gasteiger partial charge on any atom is -0.462 e. The van der Waals surface area contributed by atoms with Gasteiger partial charge in [0.2, 0.25) is 0 Å². The van der Waals surface area contributed by atoms with Crippen molar-refractivity contribution in [2.45, 2.75) is 258 Å². The first kappa shape index (κ1) is 72.0. The number of unbranched alkanes of at least 4 members (excludes halogenated alkanes) is 17. The van der Waals surface area contributed by atoms with E-state index in [2.05, 4.69) is 179 Å². The molecule has 0 rings (SSSR count). The Morgan fingerprint density at radius 3 is 0.818 bits per heavy atom. The number of esters is 3. The number of hydrogen-bond acceptors (Lipinski definition) is 6. The van der Waals surface area contributed by atoms with E-state index in [9.17, 15) is 14.4 Å². The van der Waals surface area contributed by atoms with Crippen molar-refractivity contribution in [1.29, 1.82) is 0 Å². The van der Waals surface area contributed by atoms with Gasteiger partial charge in [-0.2, -0.15) is 0 Å². The van der Waals surface area contributed by atoms with Crippen molar-refractivity contribution >= 4 is 17.9 Å². The number of rotatable bonds is 54. The molecule has 0 aromatic carbocycles. The summed E-state index contributed by atoms with van der Waals surface area (Å²) >= 11 is 0. The van der Waals surface area contributed by atoms with Gasteiger partial charge in [0.05, 0.1) is 0 Å². The van der Waals surface area contributed by atoms with Crippen LogP contribution in [0.4, 0.5) is 0 Å². The lowest BCUT2D eigenvalue weighted by Crippen LogP contribution is -2.30. The fraction of sp³-hybridized carbons (Fsp3) is 0.592. The van der Waals surface area contributed by atoms with Gasteiger partial charge in [0, 0.05) is 19.3 Å². The average Bonchev–Trinajstić information content (AvgIpc) is 3.43. The van der Waals surface area contributed by atoms with Crippen LogP contribution in [0.25, 0.3) is 0 Å². The van der Waals surface area contributed by atoms with E-state index in [4.69, 9.17) is 14.2 Å². The van der Waals surface area contributed by atoms with Crippen LogP contribution in [0.1, 0.15) is 252 Å². The predicted octanol–water partition coefficient (Wildman–Crippen LogP) is 21.3. The summed E-state index contributed by atoms with van der Waals surface area (Å²) in [6.45, 7) is 6.31. The lowest BCUT2D eigenvalue weighted by Gasteiger charge is -2.18. The van der Waals surface area contributed by atoms with Crippen molar-refractivity contribution in [3.8, 4) is 0 Å². The fourth-order valence-corrected chi connectivity index (χ4v) is 7.91. The van der Waals surface area contributed by atoms with Crippen LogP contribution in [0.5, 0.6) is 0 Å². The molecular weight excluding hydrogens is 949 g/mol. The minimum atomic E-state index is -0.831. The maximum atomic E-state index is 12.9. The summed E-state index contributed by atoms with van der Waals surface area (Å²) in [6, 6.07) is 0. The van der Waals surface area contributed by atoms with Gasteiger partial charge in [-0.1, -0.05) is 243 Å². The van der Waals surface area contributed by atoms with Gasteiger partial charge in [-0.05, 0) is 148 Å². The maximum absolute atomic E-state index is 12.9. The predicted molar refractivity (Wildman–Crippen MR) is 334 cm³/mol. The number of carbonyl (C=O) groups excluding carboxylic acids is 3. The maximum Gasteiger partial charge on any atom is 0.306 e. The molecule has 0 bridgehead atoms. The summed E-state index contributed by atoms with van der Waals surface area (Å²) in [5, 5.41) is 0. The van der Waals surface area contributed by atoms with E-state index in [0.717, 1.165) is 128 Å². The molecule has 0 aromatic rings. The largest absolute Gasteiger partial charge is 0.462 e. The van der Waals surface area contributed by atoms with Crippen LogP contribution in [0.15, 0.2) is 158 Å². The molecule has 0 fully saturated rings. The van der Waals surface area contributed by atoms with Crippen LogP contribution < -0.4 is 0 Å². The Kier molecular flexibility index (Phi) is 59.5. The quantitative estimate of drug-likeness (QED) is 0.0261. The molecule has 432 valence electrons. The number of ether oxygens (including phenoxy) is 3. The molecule has 1 atom stereocenters. The molecule has 0 amide bonds. The Balaban J connectivity index is 4.53. The highest BCUT2D eigenvalue weighted by molar-refractivity contribution is 5.71. The summed E-state index contributed by atoms with van der Waals surface area (Å²) in [5.41, 5.74) is 0. The van der Waals surface area contributed by atoms with Crippen molar-refractivity contribution in [2.24, 2.45) is 0 Å². The Labute approximate surface area is 473 Å². The zero-order valence-electron chi connectivity index (χ0n) is 49.4. The van der Waals surface area contributed by atoms with Gasteiger partial charge in [0.15, 0.2) is 6.10 Å². The second-order valence-corrected chi connectivity index (χ2v) is 19.8. The molecule has 0 saturated carbocycles. The van der Waals surface area contributed by atoms with Crippen LogP contribution in [-0.4, -0.2) is 37.2 Å².